The molecule has 0 aromatic carbocycles. The van der Waals surface area contributed by atoms with E-state index in [0.29, 0.717) is 5.82 Å². The maximum Gasteiger partial charge on any atom is 0.125 e. The van der Waals surface area contributed by atoms with Crippen molar-refractivity contribution in [3.05, 3.63) is 24.4 Å². The number of rotatable bonds is 0. The summed E-state index contributed by atoms with van der Waals surface area (Å²) in [5, 5.41) is 6.52. The van der Waals surface area contributed by atoms with Gasteiger partial charge in [-0.05, 0) is 0 Å². The Bertz CT molecular complexity index is 313. The molecule has 0 aromatic rings. The first kappa shape index (κ1) is 5.29. The van der Waals surface area contributed by atoms with Crippen LogP contribution in [-0.2, 0) is 0 Å². The van der Waals surface area contributed by atoms with Gasteiger partial charge in [0.1, 0.15) is 5.82 Å². The van der Waals surface area contributed by atoms with Crippen molar-refractivity contribution < 1.29 is 0 Å². The van der Waals surface area contributed by atoms with E-state index in [0.717, 1.165) is 11.1 Å². The average molecular weight is 133 g/mol. The average Bonchev–Trinajstić information content (AvgIpc) is 2.36. The minimum Gasteiger partial charge on any atom is -0.384 e. The highest BCUT2D eigenvalue weighted by atomic mass is 15.1. The Morgan fingerprint density at radius 3 is 3.10 bits per heavy atom. The number of hydrogen-bond acceptors (Lipinski definition) is 2. The van der Waals surface area contributed by atoms with Crippen LogP contribution in [0.4, 0.5) is 5.82 Å². The largest absolute Gasteiger partial charge is 0.384 e. The van der Waals surface area contributed by atoms with Gasteiger partial charge in [0, 0.05) is 11.1 Å². The van der Waals surface area contributed by atoms with Crippen molar-refractivity contribution in [1.82, 2.24) is 10.2 Å². The van der Waals surface area contributed by atoms with E-state index in [4.69, 9.17) is 5.73 Å². The molecule has 50 valence electrons. The number of nitrogens with zero attached hydrogens (tertiary/aromatic N) is 1. The Labute approximate surface area is 58.2 Å². The molecule has 0 aromatic heterocycles. The molecule has 0 spiro atoms. The predicted molar refractivity (Wildman–Crippen MR) is 39.6 cm³/mol. The highest BCUT2D eigenvalue weighted by Gasteiger charge is 2.03. The fraction of sp³-hybridized carbons (Fsp3) is 0. The number of nitrogen functional groups attached to an aromatic ring is 1. The Kier molecular flexibility index (Phi) is 0.917. The number of aromatic amines is 1. The van der Waals surface area contributed by atoms with Gasteiger partial charge in [-0.25, -0.2) is 0 Å². The van der Waals surface area contributed by atoms with Gasteiger partial charge in [0.05, 0.1) is 6.20 Å². The Morgan fingerprint density at radius 1 is 1.40 bits per heavy atom. The van der Waals surface area contributed by atoms with Crippen molar-refractivity contribution in [2.75, 3.05) is 5.73 Å². The van der Waals surface area contributed by atoms with Gasteiger partial charge >= 0.3 is 0 Å². The molecule has 1 aliphatic heterocycles. The van der Waals surface area contributed by atoms with Crippen LogP contribution in [0.25, 0.3) is 11.1 Å². The quantitative estimate of drug-likeness (QED) is 0.565. The second kappa shape index (κ2) is 1.73. The van der Waals surface area contributed by atoms with Crippen molar-refractivity contribution in [2.24, 2.45) is 0 Å². The maximum absolute atomic E-state index is 5.58. The number of aromatic nitrogens is 2. The van der Waals surface area contributed by atoms with Crippen molar-refractivity contribution in [1.29, 1.82) is 0 Å². The molecule has 2 aliphatic rings. The Hall–Kier alpha value is -1.51. The molecular weight excluding hydrogens is 126 g/mol. The minimum absolute atomic E-state index is 0.627. The molecule has 3 N–H and O–H groups in total. The van der Waals surface area contributed by atoms with Gasteiger partial charge in [0.15, 0.2) is 0 Å². The molecule has 3 nitrogen and oxygen atoms in total. The van der Waals surface area contributed by atoms with Crippen LogP contribution in [-0.4, -0.2) is 10.2 Å². The first-order valence-corrected chi connectivity index (χ1v) is 3.05. The topological polar surface area (TPSA) is 54.7 Å². The third-order valence-electron chi connectivity index (χ3n) is 1.53. The highest BCUT2D eigenvalue weighted by molar-refractivity contribution is 5.74. The van der Waals surface area contributed by atoms with Crippen LogP contribution in [0.15, 0.2) is 24.4 Å². The Balaban J connectivity index is 2.80. The van der Waals surface area contributed by atoms with Gasteiger partial charge in [-0.2, -0.15) is 5.10 Å². The summed E-state index contributed by atoms with van der Waals surface area (Å²) in [7, 11) is 0. The molecule has 2 rings (SSSR count). The van der Waals surface area contributed by atoms with Gasteiger partial charge < -0.3 is 5.73 Å². The summed E-state index contributed by atoms with van der Waals surface area (Å²) >= 11 is 0. The van der Waals surface area contributed by atoms with Crippen LogP contribution in [0.3, 0.4) is 0 Å². The molecule has 3 heteroatoms. The number of H-pyrrole nitrogens is 1. The van der Waals surface area contributed by atoms with Gasteiger partial charge in [0.2, 0.25) is 0 Å². The molecule has 0 amide bonds. The smallest absolute Gasteiger partial charge is 0.125 e. The molecule has 10 heavy (non-hydrogen) atoms. The molecule has 0 saturated carbocycles. The lowest BCUT2D eigenvalue weighted by molar-refractivity contribution is 1.05. The number of nitrogens with one attached hydrogen (secondary N) is 1. The zero-order valence-corrected chi connectivity index (χ0v) is 5.33. The third kappa shape index (κ3) is 0.572. The van der Waals surface area contributed by atoms with Gasteiger partial charge in [-0.3, -0.25) is 5.10 Å². The van der Waals surface area contributed by atoms with Crippen LogP contribution in [0.2, 0.25) is 0 Å². The fourth-order valence-electron chi connectivity index (χ4n) is 1.02. The number of hydrogen-bond donors (Lipinski definition) is 2. The highest BCUT2D eigenvalue weighted by Crippen LogP contribution is 2.24. The zero-order chi connectivity index (χ0) is 6.97. The van der Waals surface area contributed by atoms with Crippen molar-refractivity contribution in [3.8, 4) is 11.1 Å². The van der Waals surface area contributed by atoms with E-state index in [9.17, 15) is 0 Å². The molecule has 0 fully saturated rings. The summed E-state index contributed by atoms with van der Waals surface area (Å²) in [4.78, 5) is 0. The second-order valence-corrected chi connectivity index (χ2v) is 2.18. The van der Waals surface area contributed by atoms with E-state index in [-0.39, 0.29) is 0 Å². The lowest BCUT2D eigenvalue weighted by atomic mass is 10.2. The van der Waals surface area contributed by atoms with Gasteiger partial charge in [-0.15, -0.1) is 0 Å². The second-order valence-electron chi connectivity index (χ2n) is 2.18. The van der Waals surface area contributed by atoms with Gasteiger partial charge in [0.25, 0.3) is 0 Å². The molecular formula is C7H7N3. The molecule has 0 saturated heterocycles. The molecule has 1 aliphatic carbocycles. The summed E-state index contributed by atoms with van der Waals surface area (Å²) in [5.41, 5.74) is 7.70. The van der Waals surface area contributed by atoms with Crippen LogP contribution < -0.4 is 5.73 Å². The third-order valence-corrected chi connectivity index (χ3v) is 1.53. The first-order chi connectivity index (χ1) is 4.88. The zero-order valence-electron chi connectivity index (χ0n) is 5.33. The summed E-state index contributed by atoms with van der Waals surface area (Å²) in [6, 6.07) is 5.89. The van der Waals surface area contributed by atoms with Crippen molar-refractivity contribution >= 4 is 5.82 Å². The monoisotopic (exact) mass is 133 g/mol. The van der Waals surface area contributed by atoms with Crippen molar-refractivity contribution in [3.63, 3.8) is 0 Å². The summed E-state index contributed by atoms with van der Waals surface area (Å²) in [6.45, 7) is 0. The van der Waals surface area contributed by atoms with E-state index >= 15 is 0 Å². The van der Waals surface area contributed by atoms with E-state index in [1.165, 1.54) is 0 Å². The molecule has 0 radical (unpaired) electrons. The number of nitrogens with two attached hydrogens (primary N) is 1. The fourth-order valence-corrected chi connectivity index (χ4v) is 1.02. The Morgan fingerprint density at radius 2 is 2.30 bits per heavy atom. The van der Waals surface area contributed by atoms with Crippen molar-refractivity contribution in [2.45, 2.75) is 0 Å². The lowest BCUT2D eigenvalue weighted by Crippen LogP contribution is -1.94. The number of anilines is 1. The SMILES string of the molecule is Nc1[nH]ncc2cccc1-2. The summed E-state index contributed by atoms with van der Waals surface area (Å²) < 4.78 is 0. The molecule has 0 unspecified atom stereocenters. The molecule has 0 bridgehead atoms. The summed E-state index contributed by atoms with van der Waals surface area (Å²) in [6.07, 6.45) is 1.76. The predicted octanol–water partition coefficient (Wildman–Crippen LogP) is 1.10. The maximum atomic E-state index is 5.58. The normalized spacial score (nSPS) is 10.4. The van der Waals surface area contributed by atoms with Crippen LogP contribution >= 0.6 is 0 Å². The van der Waals surface area contributed by atoms with Crippen LogP contribution in [0.5, 0.6) is 0 Å². The van der Waals surface area contributed by atoms with Crippen LogP contribution in [0.1, 0.15) is 0 Å². The standard InChI is InChI=1S/C7H7N3/c8-7-6-3-1-2-5(6)4-9-10-7/h1-4,10H,8H2. The first-order valence-electron chi connectivity index (χ1n) is 3.05. The minimum atomic E-state index is 0.627. The van der Waals surface area contributed by atoms with E-state index < -0.39 is 0 Å². The van der Waals surface area contributed by atoms with E-state index in [1.54, 1.807) is 6.20 Å². The number of fused-ring (bicyclic) bond motifs is 1. The van der Waals surface area contributed by atoms with E-state index in [2.05, 4.69) is 10.2 Å². The molecule has 0 atom stereocenters. The summed E-state index contributed by atoms with van der Waals surface area (Å²) in [5.74, 6) is 0.627. The van der Waals surface area contributed by atoms with Gasteiger partial charge in [-0.1, -0.05) is 18.2 Å². The van der Waals surface area contributed by atoms with E-state index in [1.807, 2.05) is 18.2 Å². The lowest BCUT2D eigenvalue weighted by Gasteiger charge is -1.99. The van der Waals surface area contributed by atoms with Crippen LogP contribution in [0, 0.1) is 0 Å². The molecule has 1 heterocycles.